The largest absolute Gasteiger partial charge is 0.359 e. The van der Waals surface area contributed by atoms with Gasteiger partial charge in [-0.1, -0.05) is 49.6 Å². The van der Waals surface area contributed by atoms with E-state index in [9.17, 15) is 14.4 Å². The molecule has 1 unspecified atom stereocenters. The second-order valence-electron chi connectivity index (χ2n) is 10.1. The van der Waals surface area contributed by atoms with E-state index in [1.54, 1.807) is 23.7 Å². The first-order valence-electron chi connectivity index (χ1n) is 13.6. The summed E-state index contributed by atoms with van der Waals surface area (Å²) < 4.78 is 0. The minimum atomic E-state index is -0.596. The van der Waals surface area contributed by atoms with Crippen LogP contribution in [0.25, 0.3) is 0 Å². The molecule has 1 N–H and O–H groups in total. The maximum absolute atomic E-state index is 13.0. The van der Waals surface area contributed by atoms with Crippen LogP contribution in [0.1, 0.15) is 72.0 Å². The third-order valence-corrected chi connectivity index (χ3v) is 8.71. The van der Waals surface area contributed by atoms with Crippen LogP contribution in [0.5, 0.6) is 0 Å². The fourth-order valence-electron chi connectivity index (χ4n) is 5.22. The molecule has 0 spiro atoms. The van der Waals surface area contributed by atoms with E-state index in [0.717, 1.165) is 35.5 Å². The molecule has 2 heterocycles. The molecule has 2 aliphatic rings. The van der Waals surface area contributed by atoms with E-state index in [4.69, 9.17) is 0 Å². The van der Waals surface area contributed by atoms with Gasteiger partial charge in [-0.15, -0.1) is 11.8 Å². The smallest absolute Gasteiger partial charge is 0.255 e. The van der Waals surface area contributed by atoms with Crippen LogP contribution in [0.3, 0.4) is 0 Å². The quantitative estimate of drug-likeness (QED) is 0.339. The normalized spacial score (nSPS) is 17.1. The van der Waals surface area contributed by atoms with E-state index in [0.29, 0.717) is 18.5 Å². The molecule has 1 saturated heterocycles. The number of fused-ring (bicyclic) bond motifs is 1. The fraction of sp³-hybridized carbons (Fsp3) is 0.500. The first kappa shape index (κ1) is 27.4. The van der Waals surface area contributed by atoms with Crippen molar-refractivity contribution < 1.29 is 14.4 Å². The monoisotopic (exact) mass is 521 g/mol. The SMILES string of the molecule is CNC(=O)CCC(C=O)N1Cc2c(SCc3ccc(CCN4CCCCCCC4)cc3)cccc2C1=O. The van der Waals surface area contributed by atoms with Crippen LogP contribution in [0, 0.1) is 0 Å². The molecule has 6 nitrogen and oxygen atoms in total. The van der Waals surface area contributed by atoms with Gasteiger partial charge in [-0.05, 0) is 67.6 Å². The molecule has 0 radical (unpaired) electrons. The molecule has 0 saturated carbocycles. The number of rotatable bonds is 11. The lowest BCUT2D eigenvalue weighted by molar-refractivity contribution is -0.121. The van der Waals surface area contributed by atoms with Gasteiger partial charge in [0.2, 0.25) is 5.91 Å². The van der Waals surface area contributed by atoms with Gasteiger partial charge in [0.05, 0.1) is 6.04 Å². The Bertz CT molecular complexity index is 1060. The molecule has 0 aliphatic carbocycles. The summed E-state index contributed by atoms with van der Waals surface area (Å²) >= 11 is 1.73. The average molecular weight is 522 g/mol. The van der Waals surface area contributed by atoms with Crippen LogP contribution >= 0.6 is 11.8 Å². The number of benzene rings is 2. The standard InChI is InChI=1S/C30H39N3O3S/c1-31-29(35)15-14-25(21-34)33-20-27-26(30(33)36)8-7-9-28(27)37-22-24-12-10-23(11-13-24)16-19-32-17-5-3-2-4-6-18-32/h7-13,21,25H,2-6,14-20,22H2,1H3,(H,31,35). The van der Waals surface area contributed by atoms with Crippen molar-refractivity contribution in [1.82, 2.24) is 15.1 Å². The number of amides is 2. The number of nitrogens with one attached hydrogen (secondary N) is 1. The summed E-state index contributed by atoms with van der Waals surface area (Å²) in [5.74, 6) is 0.566. The Morgan fingerprint density at radius 1 is 1.03 bits per heavy atom. The van der Waals surface area contributed by atoms with Crippen LogP contribution in [-0.2, 0) is 28.3 Å². The zero-order chi connectivity index (χ0) is 26.0. The summed E-state index contributed by atoms with van der Waals surface area (Å²) in [5, 5.41) is 2.57. The maximum Gasteiger partial charge on any atom is 0.255 e. The fourth-order valence-corrected chi connectivity index (χ4v) is 6.26. The topological polar surface area (TPSA) is 69.7 Å². The Balaban J connectivity index is 1.32. The highest BCUT2D eigenvalue weighted by atomic mass is 32.2. The zero-order valence-corrected chi connectivity index (χ0v) is 22.7. The van der Waals surface area contributed by atoms with Crippen molar-refractivity contribution in [2.45, 2.75) is 74.6 Å². The van der Waals surface area contributed by atoms with E-state index >= 15 is 0 Å². The van der Waals surface area contributed by atoms with E-state index in [1.807, 2.05) is 12.1 Å². The average Bonchev–Trinajstić information content (AvgIpc) is 3.24. The second-order valence-corrected chi connectivity index (χ2v) is 11.1. The Labute approximate surface area is 225 Å². The number of nitrogens with zero attached hydrogens (tertiary/aromatic N) is 2. The molecule has 0 aromatic heterocycles. The van der Waals surface area contributed by atoms with Gasteiger partial charge in [0.15, 0.2) is 0 Å². The summed E-state index contributed by atoms with van der Waals surface area (Å²) in [4.78, 5) is 41.7. The minimum absolute atomic E-state index is 0.129. The lowest BCUT2D eigenvalue weighted by Crippen LogP contribution is -2.37. The first-order valence-corrected chi connectivity index (χ1v) is 14.6. The highest BCUT2D eigenvalue weighted by Crippen LogP contribution is 2.35. The Morgan fingerprint density at radius 3 is 2.43 bits per heavy atom. The third-order valence-electron chi connectivity index (χ3n) is 7.54. The summed E-state index contributed by atoms with van der Waals surface area (Å²) in [7, 11) is 1.57. The number of thioether (sulfide) groups is 1. The lowest BCUT2D eigenvalue weighted by atomic mass is 10.1. The van der Waals surface area contributed by atoms with Gasteiger partial charge >= 0.3 is 0 Å². The lowest BCUT2D eigenvalue weighted by Gasteiger charge is -2.24. The summed E-state index contributed by atoms with van der Waals surface area (Å²) in [5.41, 5.74) is 4.29. The number of carbonyl (C=O) groups excluding carboxylic acids is 3. The predicted octanol–water partition coefficient (Wildman–Crippen LogP) is 4.84. The molecule has 2 aliphatic heterocycles. The number of hydrogen-bond acceptors (Lipinski definition) is 5. The summed E-state index contributed by atoms with van der Waals surface area (Å²) in [6.45, 7) is 4.01. The van der Waals surface area contributed by atoms with Crippen molar-refractivity contribution in [3.05, 3.63) is 64.7 Å². The molecule has 198 valence electrons. The van der Waals surface area contributed by atoms with Crippen LogP contribution < -0.4 is 5.32 Å². The molecule has 7 heteroatoms. The second kappa shape index (κ2) is 13.8. The van der Waals surface area contributed by atoms with Crippen molar-refractivity contribution >= 4 is 29.9 Å². The van der Waals surface area contributed by atoms with Crippen molar-refractivity contribution in [3.63, 3.8) is 0 Å². The van der Waals surface area contributed by atoms with E-state index in [-0.39, 0.29) is 18.2 Å². The molecule has 1 fully saturated rings. The van der Waals surface area contributed by atoms with Gasteiger partial charge in [0, 0.05) is 42.8 Å². The molecule has 2 amide bonds. The molecule has 0 bridgehead atoms. The molecule has 2 aromatic carbocycles. The van der Waals surface area contributed by atoms with Crippen LogP contribution in [-0.4, -0.2) is 60.6 Å². The molecular weight excluding hydrogens is 482 g/mol. The van der Waals surface area contributed by atoms with Gasteiger partial charge in [-0.25, -0.2) is 0 Å². The van der Waals surface area contributed by atoms with Gasteiger partial charge in [0.1, 0.15) is 6.29 Å². The number of carbonyl (C=O) groups is 3. The van der Waals surface area contributed by atoms with Crippen molar-refractivity contribution in [2.24, 2.45) is 0 Å². The van der Waals surface area contributed by atoms with E-state index < -0.39 is 6.04 Å². The molecular formula is C30H39N3O3S. The van der Waals surface area contributed by atoms with Crippen LogP contribution in [0.2, 0.25) is 0 Å². The Kier molecular flexibility index (Phi) is 10.2. The highest BCUT2D eigenvalue weighted by molar-refractivity contribution is 7.98. The number of aldehydes is 1. The van der Waals surface area contributed by atoms with E-state index in [2.05, 4.69) is 40.5 Å². The molecule has 1 atom stereocenters. The van der Waals surface area contributed by atoms with Gasteiger partial charge in [-0.2, -0.15) is 0 Å². The van der Waals surface area contributed by atoms with Gasteiger partial charge in [0.25, 0.3) is 5.91 Å². The van der Waals surface area contributed by atoms with Crippen molar-refractivity contribution in [3.8, 4) is 0 Å². The molecule has 2 aromatic rings. The zero-order valence-electron chi connectivity index (χ0n) is 21.9. The molecule has 37 heavy (non-hydrogen) atoms. The van der Waals surface area contributed by atoms with Crippen molar-refractivity contribution in [1.29, 1.82) is 0 Å². The van der Waals surface area contributed by atoms with Crippen molar-refractivity contribution in [2.75, 3.05) is 26.7 Å². The predicted molar refractivity (Wildman–Crippen MR) is 149 cm³/mol. The molecule has 4 rings (SSSR count). The highest BCUT2D eigenvalue weighted by Gasteiger charge is 2.34. The summed E-state index contributed by atoms with van der Waals surface area (Å²) in [6, 6.07) is 14.2. The van der Waals surface area contributed by atoms with E-state index in [1.165, 1.54) is 56.3 Å². The third kappa shape index (κ3) is 7.45. The Morgan fingerprint density at radius 2 is 1.73 bits per heavy atom. The van der Waals surface area contributed by atoms with Crippen LogP contribution in [0.4, 0.5) is 0 Å². The van der Waals surface area contributed by atoms with Gasteiger partial charge < -0.3 is 19.9 Å². The Hall–Kier alpha value is -2.64. The van der Waals surface area contributed by atoms with Crippen LogP contribution in [0.15, 0.2) is 47.4 Å². The first-order chi connectivity index (χ1) is 18.1. The number of hydrogen-bond donors (Lipinski definition) is 1. The summed E-state index contributed by atoms with van der Waals surface area (Å²) in [6.07, 6.45) is 9.22. The minimum Gasteiger partial charge on any atom is -0.359 e. The number of likely N-dealkylation sites (tertiary alicyclic amines) is 1. The van der Waals surface area contributed by atoms with Gasteiger partial charge in [-0.3, -0.25) is 9.59 Å². The maximum atomic E-state index is 13.0.